The fourth-order valence-electron chi connectivity index (χ4n) is 2.75. The lowest BCUT2D eigenvalue weighted by Gasteiger charge is -2.44. The van der Waals surface area contributed by atoms with E-state index in [2.05, 4.69) is 73.0 Å². The fourth-order valence-corrected chi connectivity index (χ4v) is 9.23. The Bertz CT molecular complexity index is 527. The van der Waals surface area contributed by atoms with Crippen LogP contribution in [0.15, 0.2) is 0 Å². The normalized spacial score (nSPS) is 14.9. The van der Waals surface area contributed by atoms with Gasteiger partial charge in [0, 0.05) is 19.7 Å². The standard InChI is InChI=1S/C25H59NO7Si3/c1-24(2,3)35(7,8)32-23(33-36(9,10)25(4,5)6)34-19-11-14-31-21-22(28)20-26-12-15-29-17-18-30-16-13-27/h22-23,26-28H,11-21,34H2,1-10H3. The quantitative estimate of drug-likeness (QED) is 0.110. The van der Waals surface area contributed by atoms with E-state index in [1.165, 1.54) is 0 Å². The molecule has 0 aromatic heterocycles. The van der Waals surface area contributed by atoms with Crippen molar-refractivity contribution in [3.63, 3.8) is 0 Å². The van der Waals surface area contributed by atoms with Crippen molar-refractivity contribution in [3.8, 4) is 0 Å². The van der Waals surface area contributed by atoms with Gasteiger partial charge < -0.3 is 38.6 Å². The van der Waals surface area contributed by atoms with Crippen LogP contribution in [0.5, 0.6) is 0 Å². The number of nitrogens with one attached hydrogen (secondary N) is 1. The molecular weight excluding hydrogens is 511 g/mol. The third-order valence-corrected chi connectivity index (χ3v) is 18.5. The van der Waals surface area contributed by atoms with Crippen LogP contribution in [-0.2, 0) is 23.1 Å². The number of aliphatic hydroxyl groups is 2. The van der Waals surface area contributed by atoms with Crippen LogP contribution in [0.1, 0.15) is 48.0 Å². The molecule has 36 heavy (non-hydrogen) atoms. The van der Waals surface area contributed by atoms with Crippen molar-refractivity contribution < 1.29 is 33.3 Å². The molecule has 0 saturated heterocycles. The van der Waals surface area contributed by atoms with E-state index in [1.54, 1.807) is 0 Å². The summed E-state index contributed by atoms with van der Waals surface area (Å²) in [5, 5.41) is 22.2. The van der Waals surface area contributed by atoms with Crippen molar-refractivity contribution in [2.75, 3.05) is 59.3 Å². The van der Waals surface area contributed by atoms with Gasteiger partial charge in [-0.3, -0.25) is 0 Å². The first-order valence-corrected chi connectivity index (χ1v) is 21.3. The van der Waals surface area contributed by atoms with Gasteiger partial charge in [0.1, 0.15) is 5.91 Å². The Kier molecular flexibility index (Phi) is 18.0. The molecule has 0 fully saturated rings. The van der Waals surface area contributed by atoms with Crippen LogP contribution >= 0.6 is 0 Å². The highest BCUT2D eigenvalue weighted by molar-refractivity contribution is 6.76. The summed E-state index contributed by atoms with van der Waals surface area (Å²) >= 11 is 0. The van der Waals surface area contributed by atoms with Crippen LogP contribution in [0.3, 0.4) is 0 Å². The zero-order valence-electron chi connectivity index (χ0n) is 25.1. The van der Waals surface area contributed by atoms with Gasteiger partial charge >= 0.3 is 0 Å². The van der Waals surface area contributed by atoms with E-state index in [0.717, 1.165) is 12.5 Å². The number of rotatable bonds is 21. The maximum absolute atomic E-state index is 10.1. The van der Waals surface area contributed by atoms with Crippen molar-refractivity contribution in [3.05, 3.63) is 0 Å². The molecule has 3 N–H and O–H groups in total. The second-order valence-corrected chi connectivity index (χ2v) is 24.0. The van der Waals surface area contributed by atoms with E-state index in [1.807, 2.05) is 0 Å². The van der Waals surface area contributed by atoms with Gasteiger partial charge in [0.15, 0.2) is 16.6 Å². The van der Waals surface area contributed by atoms with Gasteiger partial charge in [-0.25, -0.2) is 0 Å². The van der Waals surface area contributed by atoms with Crippen molar-refractivity contribution in [2.24, 2.45) is 0 Å². The summed E-state index contributed by atoms with van der Waals surface area (Å²) in [7, 11) is -4.41. The SMILES string of the molecule is CC(C)(C)[Si](C)(C)OC(O[Si](C)(C)C(C)(C)C)[SiH2]CCCOCC(O)CNCCOCCOCCO. The first kappa shape index (κ1) is 36.3. The molecule has 0 radical (unpaired) electrons. The first-order chi connectivity index (χ1) is 16.5. The average Bonchev–Trinajstić information content (AvgIpc) is 2.72. The van der Waals surface area contributed by atoms with Gasteiger partial charge in [-0.2, -0.15) is 0 Å². The van der Waals surface area contributed by atoms with Crippen LogP contribution in [0, 0.1) is 0 Å². The predicted octanol–water partition coefficient (Wildman–Crippen LogP) is 3.28. The molecule has 218 valence electrons. The van der Waals surface area contributed by atoms with Gasteiger partial charge in [0.25, 0.3) is 0 Å². The average molecular weight is 570 g/mol. The molecule has 8 nitrogen and oxygen atoms in total. The first-order valence-electron chi connectivity index (χ1n) is 13.6. The summed E-state index contributed by atoms with van der Waals surface area (Å²) in [5.41, 5.74) is 0. The zero-order chi connectivity index (χ0) is 27.9. The van der Waals surface area contributed by atoms with Crippen molar-refractivity contribution in [1.29, 1.82) is 0 Å². The van der Waals surface area contributed by atoms with Crippen molar-refractivity contribution in [2.45, 2.75) is 102 Å². The van der Waals surface area contributed by atoms with Gasteiger partial charge in [-0.15, -0.1) is 0 Å². The van der Waals surface area contributed by atoms with Crippen LogP contribution in [-0.4, -0.2) is 108 Å². The maximum Gasteiger partial charge on any atom is 0.194 e. The Labute approximate surface area is 226 Å². The Balaban J connectivity index is 4.25. The minimum atomic E-state index is -1.91. The second kappa shape index (κ2) is 17.8. The van der Waals surface area contributed by atoms with E-state index in [9.17, 15) is 5.11 Å². The number of hydrogen-bond donors (Lipinski definition) is 3. The lowest BCUT2D eigenvalue weighted by molar-refractivity contribution is 0.0274. The zero-order valence-corrected chi connectivity index (χ0v) is 28.5. The topological polar surface area (TPSA) is 98.6 Å². The maximum atomic E-state index is 10.1. The molecule has 0 spiro atoms. The number of hydrogen-bond acceptors (Lipinski definition) is 8. The van der Waals surface area contributed by atoms with E-state index in [-0.39, 0.29) is 22.6 Å². The summed E-state index contributed by atoms with van der Waals surface area (Å²) in [5.74, 6) is -0.0370. The molecule has 0 amide bonds. The predicted molar refractivity (Wildman–Crippen MR) is 157 cm³/mol. The summed E-state index contributed by atoms with van der Waals surface area (Å²) in [4.78, 5) is 0. The summed E-state index contributed by atoms with van der Waals surface area (Å²) in [6.07, 6.45) is 0.434. The highest BCUT2D eigenvalue weighted by atomic mass is 28.4. The highest BCUT2D eigenvalue weighted by Crippen LogP contribution is 2.40. The van der Waals surface area contributed by atoms with Crippen LogP contribution in [0.2, 0.25) is 42.3 Å². The smallest absolute Gasteiger partial charge is 0.194 e. The lowest BCUT2D eigenvalue weighted by atomic mass is 10.2. The summed E-state index contributed by atoms with van der Waals surface area (Å²) in [6.45, 7) is 26.9. The molecule has 0 rings (SSSR count). The van der Waals surface area contributed by atoms with Gasteiger partial charge in [-0.1, -0.05) is 47.6 Å². The molecule has 0 heterocycles. The lowest BCUT2D eigenvalue weighted by Crippen LogP contribution is -2.51. The molecule has 0 aromatic rings. The van der Waals surface area contributed by atoms with Crippen molar-refractivity contribution in [1.82, 2.24) is 5.32 Å². The molecule has 0 saturated carbocycles. The third kappa shape index (κ3) is 16.3. The van der Waals surface area contributed by atoms with Crippen LogP contribution in [0.4, 0.5) is 0 Å². The molecule has 0 aliphatic rings. The molecule has 1 unspecified atom stereocenters. The summed E-state index contributed by atoms with van der Waals surface area (Å²) < 4.78 is 29.8. The van der Waals surface area contributed by atoms with Gasteiger partial charge in [0.05, 0.1) is 55.3 Å². The third-order valence-electron chi connectivity index (χ3n) is 7.16. The number of aliphatic hydroxyl groups excluding tert-OH is 2. The fraction of sp³-hybridized carbons (Fsp3) is 1.00. The Morgan fingerprint density at radius 2 is 1.31 bits per heavy atom. The largest absolute Gasteiger partial charge is 0.397 e. The summed E-state index contributed by atoms with van der Waals surface area (Å²) in [6, 6.07) is 1.10. The number of ether oxygens (including phenoxy) is 3. The van der Waals surface area contributed by atoms with E-state index >= 15 is 0 Å². The molecule has 0 bridgehead atoms. The Hall–Kier alpha value is 0.331. The molecular formula is C25H59NO7Si3. The Morgan fingerprint density at radius 1 is 0.778 bits per heavy atom. The minimum Gasteiger partial charge on any atom is -0.397 e. The van der Waals surface area contributed by atoms with E-state index < -0.39 is 32.3 Å². The molecule has 1 atom stereocenters. The molecule has 11 heteroatoms. The van der Waals surface area contributed by atoms with Crippen molar-refractivity contribution >= 4 is 26.2 Å². The van der Waals surface area contributed by atoms with E-state index in [0.29, 0.717) is 52.7 Å². The Morgan fingerprint density at radius 3 is 1.81 bits per heavy atom. The van der Waals surface area contributed by atoms with Gasteiger partial charge in [-0.05, 0) is 42.7 Å². The highest BCUT2D eigenvalue weighted by Gasteiger charge is 2.43. The molecule has 0 aliphatic heterocycles. The molecule has 0 aliphatic carbocycles. The monoisotopic (exact) mass is 569 g/mol. The van der Waals surface area contributed by atoms with Crippen LogP contribution < -0.4 is 5.32 Å². The molecule has 0 aromatic carbocycles. The van der Waals surface area contributed by atoms with E-state index in [4.69, 9.17) is 28.2 Å². The minimum absolute atomic E-state index is 0.0290. The second-order valence-electron chi connectivity index (χ2n) is 12.6. The van der Waals surface area contributed by atoms with Gasteiger partial charge in [0.2, 0.25) is 0 Å². The van der Waals surface area contributed by atoms with Crippen LogP contribution in [0.25, 0.3) is 0 Å².